The molecule has 0 N–H and O–H groups in total. The average Bonchev–Trinajstić information content (AvgIpc) is 2.92. The lowest BCUT2D eigenvalue weighted by Crippen LogP contribution is -2.40. The van der Waals surface area contributed by atoms with E-state index < -0.39 is 5.97 Å². The Morgan fingerprint density at radius 2 is 2.04 bits per heavy atom. The summed E-state index contributed by atoms with van der Waals surface area (Å²) < 4.78 is 10.7. The van der Waals surface area contributed by atoms with Crippen molar-refractivity contribution in [2.24, 2.45) is 5.92 Å². The van der Waals surface area contributed by atoms with Gasteiger partial charge >= 0.3 is 5.97 Å². The number of carbonyl (C=O) groups excluding carboxylic acids is 2. The molecule has 0 spiro atoms. The first-order chi connectivity index (χ1) is 11.5. The van der Waals surface area contributed by atoms with Crippen LogP contribution in [0.25, 0.3) is 11.0 Å². The van der Waals surface area contributed by atoms with Crippen molar-refractivity contribution >= 4 is 34.4 Å². The molecule has 0 unspecified atom stereocenters. The largest absolute Gasteiger partial charge is 0.450 e. The van der Waals surface area contributed by atoms with Crippen molar-refractivity contribution < 1.29 is 18.7 Å². The Morgan fingerprint density at radius 1 is 1.33 bits per heavy atom. The molecule has 0 atom stereocenters. The zero-order chi connectivity index (χ0) is 17.3. The third kappa shape index (κ3) is 3.26. The van der Waals surface area contributed by atoms with Crippen LogP contribution in [0, 0.1) is 12.8 Å². The summed E-state index contributed by atoms with van der Waals surface area (Å²) in [5.41, 5.74) is 1.12. The standard InChI is InChI=1S/C18H20ClNO4/c1-11-6-8-20(9-7-11)15(21)10-23-18(22)16-12(2)13-4-3-5-14(19)17(13)24-16/h3-5,11H,6-10H2,1-2H3. The van der Waals surface area contributed by atoms with Crippen LogP contribution in [0.4, 0.5) is 0 Å². The highest BCUT2D eigenvalue weighted by Crippen LogP contribution is 2.31. The fourth-order valence-electron chi connectivity index (χ4n) is 2.95. The van der Waals surface area contributed by atoms with E-state index in [0.29, 0.717) is 22.1 Å². The molecule has 24 heavy (non-hydrogen) atoms. The van der Waals surface area contributed by atoms with Crippen LogP contribution in [0.5, 0.6) is 0 Å². The highest BCUT2D eigenvalue weighted by Gasteiger charge is 2.24. The third-order valence-corrected chi connectivity index (χ3v) is 4.86. The lowest BCUT2D eigenvalue weighted by molar-refractivity contribution is -0.135. The van der Waals surface area contributed by atoms with Crippen LogP contribution < -0.4 is 0 Å². The highest BCUT2D eigenvalue weighted by atomic mass is 35.5. The molecule has 128 valence electrons. The minimum absolute atomic E-state index is 0.0955. The van der Waals surface area contributed by atoms with E-state index >= 15 is 0 Å². The van der Waals surface area contributed by atoms with E-state index in [1.54, 1.807) is 24.0 Å². The molecular formula is C18H20ClNO4. The minimum atomic E-state index is -0.640. The van der Waals surface area contributed by atoms with E-state index in [0.717, 1.165) is 31.3 Å². The summed E-state index contributed by atoms with van der Waals surface area (Å²) in [4.78, 5) is 26.2. The molecule has 1 saturated heterocycles. The molecule has 2 aromatic rings. The Hall–Kier alpha value is -2.01. The number of carbonyl (C=O) groups is 2. The van der Waals surface area contributed by atoms with Crippen molar-refractivity contribution in [1.82, 2.24) is 4.90 Å². The Bertz CT molecular complexity index is 775. The van der Waals surface area contributed by atoms with E-state index in [2.05, 4.69) is 6.92 Å². The summed E-state index contributed by atoms with van der Waals surface area (Å²) in [5.74, 6) is -0.0711. The maximum Gasteiger partial charge on any atom is 0.375 e. The number of hydrogen-bond acceptors (Lipinski definition) is 4. The Balaban J connectivity index is 1.66. The van der Waals surface area contributed by atoms with Crippen molar-refractivity contribution in [2.75, 3.05) is 19.7 Å². The normalized spacial score (nSPS) is 15.7. The second kappa shape index (κ2) is 6.85. The van der Waals surface area contributed by atoms with Crippen molar-refractivity contribution in [3.8, 4) is 0 Å². The summed E-state index contributed by atoms with van der Waals surface area (Å²) in [7, 11) is 0. The fourth-order valence-corrected chi connectivity index (χ4v) is 3.16. The minimum Gasteiger partial charge on any atom is -0.450 e. The average molecular weight is 350 g/mol. The van der Waals surface area contributed by atoms with Crippen molar-refractivity contribution in [1.29, 1.82) is 0 Å². The summed E-state index contributed by atoms with van der Waals surface area (Å²) in [6.07, 6.45) is 1.97. The highest BCUT2D eigenvalue weighted by molar-refractivity contribution is 6.35. The predicted molar refractivity (Wildman–Crippen MR) is 91.2 cm³/mol. The molecule has 1 aliphatic heterocycles. The molecule has 0 radical (unpaired) electrons. The third-order valence-electron chi connectivity index (χ3n) is 4.56. The molecule has 1 aliphatic rings. The van der Waals surface area contributed by atoms with Gasteiger partial charge in [-0.2, -0.15) is 0 Å². The van der Waals surface area contributed by atoms with Gasteiger partial charge in [0.15, 0.2) is 12.2 Å². The molecule has 2 heterocycles. The van der Waals surface area contributed by atoms with Gasteiger partial charge in [0.1, 0.15) is 0 Å². The van der Waals surface area contributed by atoms with Crippen LogP contribution in [-0.4, -0.2) is 36.5 Å². The molecule has 3 rings (SSSR count). The van der Waals surface area contributed by atoms with Gasteiger partial charge in [-0.1, -0.05) is 30.7 Å². The first kappa shape index (κ1) is 16.8. The molecule has 0 saturated carbocycles. The van der Waals surface area contributed by atoms with Gasteiger partial charge in [-0.25, -0.2) is 4.79 Å². The van der Waals surface area contributed by atoms with Gasteiger partial charge in [-0.15, -0.1) is 0 Å². The van der Waals surface area contributed by atoms with Gasteiger partial charge < -0.3 is 14.1 Å². The second-order valence-corrected chi connectivity index (χ2v) is 6.72. The Morgan fingerprint density at radius 3 is 2.71 bits per heavy atom. The summed E-state index contributed by atoms with van der Waals surface area (Å²) in [6.45, 7) is 5.12. The number of benzene rings is 1. The number of fused-ring (bicyclic) bond motifs is 1. The van der Waals surface area contributed by atoms with Crippen molar-refractivity contribution in [3.63, 3.8) is 0 Å². The number of piperidine rings is 1. The van der Waals surface area contributed by atoms with E-state index in [1.165, 1.54) is 0 Å². The van der Waals surface area contributed by atoms with E-state index in [9.17, 15) is 9.59 Å². The number of para-hydroxylation sites is 1. The fraction of sp³-hybridized carbons (Fsp3) is 0.444. The molecular weight excluding hydrogens is 330 g/mol. The van der Waals surface area contributed by atoms with Crippen molar-refractivity contribution in [2.45, 2.75) is 26.7 Å². The monoisotopic (exact) mass is 349 g/mol. The number of likely N-dealkylation sites (tertiary alicyclic amines) is 1. The second-order valence-electron chi connectivity index (χ2n) is 6.31. The van der Waals surface area contributed by atoms with E-state index in [1.807, 2.05) is 6.07 Å². The number of ether oxygens (including phenoxy) is 1. The number of hydrogen-bond donors (Lipinski definition) is 0. The Kier molecular flexibility index (Phi) is 4.81. The number of furan rings is 1. The maximum absolute atomic E-state index is 12.3. The molecule has 6 heteroatoms. The number of amides is 1. The molecule has 1 aromatic carbocycles. The zero-order valence-corrected chi connectivity index (χ0v) is 14.6. The predicted octanol–water partition coefficient (Wildman–Crippen LogP) is 3.81. The van der Waals surface area contributed by atoms with Crippen LogP contribution >= 0.6 is 11.6 Å². The van der Waals surface area contributed by atoms with Gasteiger partial charge in [-0.3, -0.25) is 4.79 Å². The van der Waals surface area contributed by atoms with Crippen LogP contribution in [0.1, 0.15) is 35.9 Å². The number of nitrogens with zero attached hydrogens (tertiary/aromatic N) is 1. The smallest absolute Gasteiger partial charge is 0.375 e. The lowest BCUT2D eigenvalue weighted by Gasteiger charge is -2.30. The number of rotatable bonds is 3. The maximum atomic E-state index is 12.3. The quantitative estimate of drug-likeness (QED) is 0.790. The van der Waals surface area contributed by atoms with Gasteiger partial charge in [-0.05, 0) is 31.7 Å². The summed E-state index contributed by atoms with van der Waals surface area (Å²) in [6, 6.07) is 5.32. The topological polar surface area (TPSA) is 59.8 Å². The van der Waals surface area contributed by atoms with Crippen molar-refractivity contribution in [3.05, 3.63) is 34.5 Å². The van der Waals surface area contributed by atoms with Gasteiger partial charge in [0.2, 0.25) is 5.76 Å². The van der Waals surface area contributed by atoms with Gasteiger partial charge in [0, 0.05) is 24.0 Å². The van der Waals surface area contributed by atoms with E-state index in [4.69, 9.17) is 20.8 Å². The van der Waals surface area contributed by atoms with E-state index in [-0.39, 0.29) is 18.3 Å². The molecule has 0 bridgehead atoms. The first-order valence-corrected chi connectivity index (χ1v) is 8.47. The SMILES string of the molecule is Cc1c(C(=O)OCC(=O)N2CCC(C)CC2)oc2c(Cl)cccc12. The molecule has 1 amide bonds. The molecule has 1 fully saturated rings. The first-order valence-electron chi connectivity index (χ1n) is 8.10. The summed E-state index contributed by atoms with van der Waals surface area (Å²) >= 11 is 6.08. The van der Waals surface area contributed by atoms with Crippen LogP contribution in [0.15, 0.2) is 22.6 Å². The number of halogens is 1. The number of esters is 1. The van der Waals surface area contributed by atoms with Crippen LogP contribution in [0.3, 0.4) is 0 Å². The molecule has 1 aromatic heterocycles. The lowest BCUT2D eigenvalue weighted by atomic mass is 9.99. The summed E-state index contributed by atoms with van der Waals surface area (Å²) in [5, 5.41) is 1.21. The number of aryl methyl sites for hydroxylation is 1. The van der Waals surface area contributed by atoms with Crippen LogP contribution in [0.2, 0.25) is 5.02 Å². The van der Waals surface area contributed by atoms with Gasteiger partial charge in [0.25, 0.3) is 5.91 Å². The molecule has 5 nitrogen and oxygen atoms in total. The zero-order valence-electron chi connectivity index (χ0n) is 13.8. The molecule has 0 aliphatic carbocycles. The Labute approximate surface area is 145 Å². The van der Waals surface area contributed by atoms with Crippen LogP contribution in [-0.2, 0) is 9.53 Å². The van der Waals surface area contributed by atoms with Gasteiger partial charge in [0.05, 0.1) is 5.02 Å².